The van der Waals surface area contributed by atoms with Gasteiger partial charge in [0.25, 0.3) is 0 Å². The Morgan fingerprint density at radius 3 is 2.72 bits per heavy atom. The fourth-order valence-electron chi connectivity index (χ4n) is 3.85. The zero-order valence-electron chi connectivity index (χ0n) is 14.9. The van der Waals surface area contributed by atoms with Crippen LogP contribution in [-0.4, -0.2) is 46.4 Å². The van der Waals surface area contributed by atoms with Crippen LogP contribution in [0.4, 0.5) is 0 Å². The van der Waals surface area contributed by atoms with Crippen molar-refractivity contribution in [1.82, 2.24) is 9.88 Å². The van der Waals surface area contributed by atoms with Gasteiger partial charge in [0.05, 0.1) is 6.54 Å². The number of Topliss-reactive ketones (excluding diaryl/α,β-unsaturated/α-hetero) is 1. The van der Waals surface area contributed by atoms with Gasteiger partial charge in [-0.05, 0) is 56.6 Å². The van der Waals surface area contributed by atoms with Crippen molar-refractivity contribution in [3.05, 3.63) is 29.1 Å². The molecule has 0 radical (unpaired) electrons. The van der Waals surface area contributed by atoms with Gasteiger partial charge in [-0.15, -0.1) is 0 Å². The molecule has 0 saturated carbocycles. The van der Waals surface area contributed by atoms with Crippen LogP contribution in [0.15, 0.2) is 12.1 Å². The lowest BCUT2D eigenvalue weighted by molar-refractivity contribution is -0.142. The predicted molar refractivity (Wildman–Crippen MR) is 95.6 cm³/mol. The van der Waals surface area contributed by atoms with Crippen LogP contribution in [0.25, 0.3) is 0 Å². The highest BCUT2D eigenvalue weighted by molar-refractivity contribution is 5.82. The van der Waals surface area contributed by atoms with E-state index in [0.29, 0.717) is 25.3 Å². The number of carbonyl (C=O) groups is 2. The summed E-state index contributed by atoms with van der Waals surface area (Å²) in [7, 11) is 0. The van der Waals surface area contributed by atoms with Gasteiger partial charge in [0.15, 0.2) is 0 Å². The Morgan fingerprint density at radius 1 is 1.12 bits per heavy atom. The highest BCUT2D eigenvalue weighted by Crippen LogP contribution is 2.21. The van der Waals surface area contributed by atoms with E-state index in [0.717, 1.165) is 32.1 Å². The van der Waals surface area contributed by atoms with Crippen LogP contribution in [0.2, 0.25) is 0 Å². The summed E-state index contributed by atoms with van der Waals surface area (Å²) in [6, 6.07) is 4.42. The van der Waals surface area contributed by atoms with E-state index in [1.165, 1.54) is 36.2 Å². The van der Waals surface area contributed by atoms with Crippen molar-refractivity contribution in [2.75, 3.05) is 19.6 Å². The Bertz CT molecular complexity index is 623. The topological polar surface area (TPSA) is 70.5 Å². The standard InChI is InChI=1S/C20H28N2O3/c23-19(16-12-22(13-16)14-20(24)25)9-3-1-2-7-17-11-10-15-6-4-5-8-18(15)21-17/h10-11,16H,1-9,12-14H2,(H,24,25). The van der Waals surface area contributed by atoms with Crippen LogP contribution in [0.5, 0.6) is 0 Å². The van der Waals surface area contributed by atoms with Crippen molar-refractivity contribution in [2.24, 2.45) is 5.92 Å². The van der Waals surface area contributed by atoms with Gasteiger partial charge in [-0.2, -0.15) is 0 Å². The van der Waals surface area contributed by atoms with Gasteiger partial charge in [-0.3, -0.25) is 19.5 Å². The first-order valence-electron chi connectivity index (χ1n) is 9.56. The summed E-state index contributed by atoms with van der Waals surface area (Å²) in [6.45, 7) is 1.28. The Hall–Kier alpha value is -1.75. The molecule has 3 rings (SSSR count). The Balaban J connectivity index is 1.29. The number of carboxylic acids is 1. The molecule has 1 aromatic rings. The molecule has 0 unspecified atom stereocenters. The quantitative estimate of drug-likeness (QED) is 0.697. The summed E-state index contributed by atoms with van der Waals surface area (Å²) >= 11 is 0. The van der Waals surface area contributed by atoms with Gasteiger partial charge in [0.2, 0.25) is 0 Å². The summed E-state index contributed by atoms with van der Waals surface area (Å²) in [5.41, 5.74) is 3.92. The molecule has 0 bridgehead atoms. The zero-order valence-corrected chi connectivity index (χ0v) is 14.9. The normalized spacial score (nSPS) is 17.8. The fourth-order valence-corrected chi connectivity index (χ4v) is 3.85. The number of unbranched alkanes of at least 4 members (excludes halogenated alkanes) is 2. The van der Waals surface area contributed by atoms with Crippen LogP contribution < -0.4 is 0 Å². The van der Waals surface area contributed by atoms with Crippen molar-refractivity contribution >= 4 is 11.8 Å². The number of carbonyl (C=O) groups excluding carboxylic acids is 1. The summed E-state index contributed by atoms with van der Waals surface area (Å²) < 4.78 is 0. The van der Waals surface area contributed by atoms with Gasteiger partial charge < -0.3 is 5.11 Å². The van der Waals surface area contributed by atoms with Crippen molar-refractivity contribution in [3.8, 4) is 0 Å². The van der Waals surface area contributed by atoms with Crippen LogP contribution >= 0.6 is 0 Å². The second kappa shape index (κ2) is 8.56. The molecule has 25 heavy (non-hydrogen) atoms. The number of aryl methyl sites for hydroxylation is 3. The third-order valence-electron chi connectivity index (χ3n) is 5.36. The Kier molecular flexibility index (Phi) is 6.19. The predicted octanol–water partition coefficient (Wildman–Crippen LogP) is 2.65. The number of pyridine rings is 1. The number of ketones is 1. The minimum absolute atomic E-state index is 0.0531. The first-order valence-corrected chi connectivity index (χ1v) is 9.56. The Labute approximate surface area is 149 Å². The molecule has 1 aliphatic heterocycles. The van der Waals surface area contributed by atoms with Crippen LogP contribution in [-0.2, 0) is 28.9 Å². The van der Waals surface area contributed by atoms with E-state index in [1.807, 2.05) is 4.90 Å². The molecule has 136 valence electrons. The molecule has 1 aromatic heterocycles. The van der Waals surface area contributed by atoms with Crippen molar-refractivity contribution in [3.63, 3.8) is 0 Å². The molecule has 2 aliphatic rings. The number of aliphatic carboxylic acids is 1. The molecule has 1 aliphatic carbocycles. The summed E-state index contributed by atoms with van der Waals surface area (Å²) in [5, 5.41) is 8.70. The van der Waals surface area contributed by atoms with Crippen LogP contribution in [0.1, 0.15) is 55.5 Å². The molecule has 0 amide bonds. The monoisotopic (exact) mass is 344 g/mol. The molecule has 1 N–H and O–H groups in total. The number of nitrogens with zero attached hydrogens (tertiary/aromatic N) is 2. The van der Waals surface area contributed by atoms with E-state index in [4.69, 9.17) is 10.1 Å². The Morgan fingerprint density at radius 2 is 1.92 bits per heavy atom. The van der Waals surface area contributed by atoms with E-state index < -0.39 is 5.97 Å². The maximum Gasteiger partial charge on any atom is 0.317 e. The van der Waals surface area contributed by atoms with Crippen LogP contribution in [0.3, 0.4) is 0 Å². The van der Waals surface area contributed by atoms with Gasteiger partial charge in [-0.1, -0.05) is 12.5 Å². The van der Waals surface area contributed by atoms with Gasteiger partial charge >= 0.3 is 5.97 Å². The maximum atomic E-state index is 12.1. The lowest BCUT2D eigenvalue weighted by Gasteiger charge is -2.37. The first-order chi connectivity index (χ1) is 12.1. The summed E-state index contributed by atoms with van der Waals surface area (Å²) in [6.07, 6.45) is 9.53. The third kappa shape index (κ3) is 5.11. The number of carboxylic acid groups (broad SMARTS) is 1. The number of likely N-dealkylation sites (tertiary alicyclic amines) is 1. The molecular formula is C20H28N2O3. The SMILES string of the molecule is O=C(O)CN1CC(C(=O)CCCCCc2ccc3c(n2)CCCC3)C1. The minimum atomic E-state index is -0.818. The van der Waals surface area contributed by atoms with Crippen molar-refractivity contribution in [1.29, 1.82) is 0 Å². The number of hydrogen-bond acceptors (Lipinski definition) is 4. The largest absolute Gasteiger partial charge is 0.480 e. The van der Waals surface area contributed by atoms with E-state index in [1.54, 1.807) is 0 Å². The molecule has 2 heterocycles. The van der Waals surface area contributed by atoms with E-state index in [-0.39, 0.29) is 12.5 Å². The lowest BCUT2D eigenvalue weighted by Crippen LogP contribution is -2.51. The highest BCUT2D eigenvalue weighted by atomic mass is 16.4. The second-order valence-corrected chi connectivity index (χ2v) is 7.43. The number of fused-ring (bicyclic) bond motifs is 1. The van der Waals surface area contributed by atoms with Crippen molar-refractivity contribution < 1.29 is 14.7 Å². The average Bonchev–Trinajstić information content (AvgIpc) is 2.57. The molecule has 5 heteroatoms. The first kappa shape index (κ1) is 18.1. The maximum absolute atomic E-state index is 12.1. The minimum Gasteiger partial charge on any atom is -0.480 e. The number of hydrogen-bond donors (Lipinski definition) is 1. The molecule has 1 fully saturated rings. The molecule has 0 spiro atoms. The fraction of sp³-hybridized carbons (Fsp3) is 0.650. The van der Waals surface area contributed by atoms with E-state index in [9.17, 15) is 9.59 Å². The average molecular weight is 344 g/mol. The second-order valence-electron chi connectivity index (χ2n) is 7.43. The molecular weight excluding hydrogens is 316 g/mol. The zero-order chi connectivity index (χ0) is 17.6. The van der Waals surface area contributed by atoms with Gasteiger partial charge in [0, 0.05) is 36.8 Å². The smallest absolute Gasteiger partial charge is 0.317 e. The van der Waals surface area contributed by atoms with Gasteiger partial charge in [0.1, 0.15) is 5.78 Å². The van der Waals surface area contributed by atoms with E-state index >= 15 is 0 Å². The highest BCUT2D eigenvalue weighted by Gasteiger charge is 2.32. The summed E-state index contributed by atoms with van der Waals surface area (Å²) in [4.78, 5) is 29.3. The summed E-state index contributed by atoms with van der Waals surface area (Å²) in [5.74, 6) is -0.461. The third-order valence-corrected chi connectivity index (χ3v) is 5.36. The lowest BCUT2D eigenvalue weighted by atomic mass is 9.91. The van der Waals surface area contributed by atoms with Crippen LogP contribution in [0, 0.1) is 5.92 Å². The number of rotatable bonds is 9. The van der Waals surface area contributed by atoms with Gasteiger partial charge in [-0.25, -0.2) is 0 Å². The van der Waals surface area contributed by atoms with E-state index in [2.05, 4.69) is 12.1 Å². The molecule has 5 nitrogen and oxygen atoms in total. The molecule has 1 saturated heterocycles. The number of aromatic nitrogens is 1. The molecule has 0 aromatic carbocycles. The molecule has 0 atom stereocenters. The van der Waals surface area contributed by atoms with Crippen molar-refractivity contribution in [2.45, 2.75) is 57.8 Å².